The highest BCUT2D eigenvalue weighted by Gasteiger charge is 2.20. The van der Waals surface area contributed by atoms with Gasteiger partial charge in [-0.05, 0) is 24.5 Å². The van der Waals surface area contributed by atoms with Crippen molar-refractivity contribution >= 4 is 5.91 Å². The normalized spacial score (nSPS) is 19.9. The third-order valence-corrected chi connectivity index (χ3v) is 2.55. The number of amides is 1. The Hall–Kier alpha value is -1.58. The van der Waals surface area contributed by atoms with E-state index in [9.17, 15) is 4.79 Å². The molecule has 1 aromatic rings. The Kier molecular flexibility index (Phi) is 2.35. The molecule has 0 fully saturated rings. The molecule has 14 heavy (non-hydrogen) atoms. The van der Waals surface area contributed by atoms with E-state index in [1.165, 1.54) is 11.6 Å². The van der Waals surface area contributed by atoms with E-state index in [4.69, 9.17) is 0 Å². The number of aromatic nitrogens is 2. The molecule has 0 spiro atoms. The van der Waals surface area contributed by atoms with Gasteiger partial charge in [0, 0.05) is 18.2 Å². The van der Waals surface area contributed by atoms with E-state index in [-0.39, 0.29) is 11.9 Å². The number of rotatable bonds is 2. The van der Waals surface area contributed by atoms with Crippen molar-refractivity contribution in [1.82, 2.24) is 15.5 Å². The van der Waals surface area contributed by atoms with Crippen LogP contribution in [0.2, 0.25) is 0 Å². The Morgan fingerprint density at radius 1 is 1.79 bits per heavy atom. The van der Waals surface area contributed by atoms with Gasteiger partial charge in [-0.1, -0.05) is 6.58 Å². The first kappa shape index (κ1) is 8.99. The molecule has 0 aromatic carbocycles. The Morgan fingerprint density at radius 3 is 3.43 bits per heavy atom. The van der Waals surface area contributed by atoms with Crippen LogP contribution in [0.5, 0.6) is 0 Å². The van der Waals surface area contributed by atoms with Gasteiger partial charge in [0.1, 0.15) is 0 Å². The molecule has 1 heterocycles. The van der Waals surface area contributed by atoms with Crippen LogP contribution >= 0.6 is 0 Å². The molecule has 1 atom stereocenters. The number of nitrogens with one attached hydrogen (secondary N) is 2. The predicted octanol–water partition coefficient (Wildman–Crippen LogP) is 0.569. The van der Waals surface area contributed by atoms with Gasteiger partial charge in [-0.15, -0.1) is 0 Å². The topological polar surface area (TPSA) is 57.8 Å². The van der Waals surface area contributed by atoms with Gasteiger partial charge in [-0.25, -0.2) is 0 Å². The lowest BCUT2D eigenvalue weighted by atomic mass is 9.94. The summed E-state index contributed by atoms with van der Waals surface area (Å²) in [5, 5.41) is 9.83. The average Bonchev–Trinajstić information content (AvgIpc) is 2.64. The van der Waals surface area contributed by atoms with Gasteiger partial charge < -0.3 is 5.32 Å². The number of carbonyl (C=O) groups is 1. The molecule has 0 radical (unpaired) electrons. The van der Waals surface area contributed by atoms with E-state index in [0.717, 1.165) is 25.0 Å². The summed E-state index contributed by atoms with van der Waals surface area (Å²) in [6.45, 7) is 3.43. The van der Waals surface area contributed by atoms with Crippen LogP contribution in [0.1, 0.15) is 17.7 Å². The highest BCUT2D eigenvalue weighted by molar-refractivity contribution is 5.87. The maximum Gasteiger partial charge on any atom is 0.243 e. The van der Waals surface area contributed by atoms with Crippen LogP contribution in [0.3, 0.4) is 0 Å². The predicted molar refractivity (Wildman–Crippen MR) is 52.7 cm³/mol. The number of hydrogen-bond acceptors (Lipinski definition) is 2. The van der Waals surface area contributed by atoms with Crippen molar-refractivity contribution in [2.45, 2.75) is 25.3 Å². The molecule has 0 aliphatic heterocycles. The minimum Gasteiger partial charge on any atom is -0.349 e. The summed E-state index contributed by atoms with van der Waals surface area (Å²) in [5.74, 6) is -0.0991. The van der Waals surface area contributed by atoms with Crippen LogP contribution in [0.15, 0.2) is 18.9 Å². The molecule has 0 saturated heterocycles. The molecule has 1 aliphatic carbocycles. The standard InChI is InChI=1S/C10H13N3O/c1-2-10(14)12-8-4-3-7-6-11-13-9(7)5-8/h2,6,8H,1,3-5H2,(H,11,13)(H,12,14)/t8-/m0/s1. The third-order valence-electron chi connectivity index (χ3n) is 2.55. The van der Waals surface area contributed by atoms with Gasteiger partial charge in [-0.2, -0.15) is 5.10 Å². The van der Waals surface area contributed by atoms with Crippen molar-refractivity contribution in [1.29, 1.82) is 0 Å². The fourth-order valence-corrected chi connectivity index (χ4v) is 1.79. The van der Waals surface area contributed by atoms with E-state index < -0.39 is 0 Å². The van der Waals surface area contributed by atoms with Crippen molar-refractivity contribution in [3.63, 3.8) is 0 Å². The highest BCUT2D eigenvalue weighted by atomic mass is 16.1. The quantitative estimate of drug-likeness (QED) is 0.671. The Labute approximate surface area is 82.4 Å². The van der Waals surface area contributed by atoms with E-state index in [2.05, 4.69) is 22.1 Å². The second-order valence-corrected chi connectivity index (χ2v) is 3.53. The molecule has 0 saturated carbocycles. The van der Waals surface area contributed by atoms with Gasteiger partial charge in [0.2, 0.25) is 5.91 Å². The summed E-state index contributed by atoms with van der Waals surface area (Å²) < 4.78 is 0. The Balaban J connectivity index is 2.00. The zero-order valence-electron chi connectivity index (χ0n) is 7.92. The molecular weight excluding hydrogens is 178 g/mol. The van der Waals surface area contributed by atoms with Crippen molar-refractivity contribution in [2.75, 3.05) is 0 Å². The number of H-pyrrole nitrogens is 1. The maximum absolute atomic E-state index is 11.1. The lowest BCUT2D eigenvalue weighted by molar-refractivity contribution is -0.117. The monoisotopic (exact) mass is 191 g/mol. The zero-order chi connectivity index (χ0) is 9.97. The van der Waals surface area contributed by atoms with E-state index in [1.54, 1.807) is 0 Å². The van der Waals surface area contributed by atoms with E-state index in [1.807, 2.05) is 6.20 Å². The molecule has 1 aliphatic rings. The molecule has 1 aromatic heterocycles. The second-order valence-electron chi connectivity index (χ2n) is 3.53. The van der Waals surface area contributed by atoms with Crippen LogP contribution in [-0.4, -0.2) is 22.1 Å². The van der Waals surface area contributed by atoms with Crippen molar-refractivity contribution in [3.05, 3.63) is 30.1 Å². The number of carbonyl (C=O) groups excluding carboxylic acids is 1. The molecule has 2 N–H and O–H groups in total. The fourth-order valence-electron chi connectivity index (χ4n) is 1.79. The minimum absolute atomic E-state index is 0.0991. The summed E-state index contributed by atoms with van der Waals surface area (Å²) in [6, 6.07) is 0.216. The van der Waals surface area contributed by atoms with Crippen LogP contribution in [-0.2, 0) is 17.6 Å². The van der Waals surface area contributed by atoms with Crippen LogP contribution in [0.25, 0.3) is 0 Å². The van der Waals surface area contributed by atoms with E-state index in [0.29, 0.717) is 0 Å². The van der Waals surface area contributed by atoms with Crippen LogP contribution < -0.4 is 5.32 Å². The van der Waals surface area contributed by atoms with Crippen LogP contribution in [0.4, 0.5) is 0 Å². The van der Waals surface area contributed by atoms with Gasteiger partial charge in [-0.3, -0.25) is 9.89 Å². The highest BCUT2D eigenvalue weighted by Crippen LogP contribution is 2.18. The van der Waals surface area contributed by atoms with Crippen LogP contribution in [0, 0.1) is 0 Å². The number of hydrogen-bond donors (Lipinski definition) is 2. The molecule has 0 unspecified atom stereocenters. The second kappa shape index (κ2) is 3.65. The summed E-state index contributed by atoms with van der Waals surface area (Å²) in [7, 11) is 0. The molecular formula is C10H13N3O. The minimum atomic E-state index is -0.0991. The number of aromatic amines is 1. The lowest BCUT2D eigenvalue weighted by Crippen LogP contribution is -2.37. The van der Waals surface area contributed by atoms with E-state index >= 15 is 0 Å². The smallest absolute Gasteiger partial charge is 0.243 e. The molecule has 0 bridgehead atoms. The van der Waals surface area contributed by atoms with Gasteiger partial charge in [0.15, 0.2) is 0 Å². The third kappa shape index (κ3) is 1.69. The first-order valence-electron chi connectivity index (χ1n) is 4.73. The zero-order valence-corrected chi connectivity index (χ0v) is 7.92. The van der Waals surface area contributed by atoms with Crippen molar-refractivity contribution < 1.29 is 4.79 Å². The van der Waals surface area contributed by atoms with Gasteiger partial charge >= 0.3 is 0 Å². The number of aryl methyl sites for hydroxylation is 1. The number of fused-ring (bicyclic) bond motifs is 1. The maximum atomic E-state index is 11.1. The molecule has 4 nitrogen and oxygen atoms in total. The Bertz CT molecular complexity index is 356. The molecule has 2 rings (SSSR count). The number of nitrogens with zero attached hydrogens (tertiary/aromatic N) is 1. The Morgan fingerprint density at radius 2 is 2.64 bits per heavy atom. The summed E-state index contributed by atoms with van der Waals surface area (Å²) in [6.07, 6.45) is 5.97. The molecule has 4 heteroatoms. The molecule has 1 amide bonds. The van der Waals surface area contributed by atoms with Gasteiger partial charge in [0.25, 0.3) is 0 Å². The largest absolute Gasteiger partial charge is 0.349 e. The summed E-state index contributed by atoms with van der Waals surface area (Å²) in [5.41, 5.74) is 2.42. The first-order valence-corrected chi connectivity index (χ1v) is 4.73. The van der Waals surface area contributed by atoms with Crippen molar-refractivity contribution in [3.8, 4) is 0 Å². The van der Waals surface area contributed by atoms with Crippen molar-refractivity contribution in [2.24, 2.45) is 0 Å². The molecule has 74 valence electrons. The summed E-state index contributed by atoms with van der Waals surface area (Å²) >= 11 is 0. The first-order chi connectivity index (χ1) is 6.79. The van der Waals surface area contributed by atoms with Gasteiger partial charge in [0.05, 0.1) is 6.20 Å². The summed E-state index contributed by atoms with van der Waals surface area (Å²) in [4.78, 5) is 11.1. The SMILES string of the molecule is C=CC(=O)N[C@H]1CCc2cn[nH]c2C1. The fraction of sp³-hybridized carbons (Fsp3) is 0.400. The lowest BCUT2D eigenvalue weighted by Gasteiger charge is -2.21. The average molecular weight is 191 g/mol.